The SMILES string of the molecule is CCOc1cccc(-c2[nH]c(O)c3c2C(=O)N=C3c2ccc(F)cc2)c1.O=C1N=C(c2c(F)cc(F)cc2F)c2c(O)[nH]c(-c3c(F)cc(F)cc3F)c21.O=C1N=C(c2cc(F)c(F)cc2F)c2c(O)[nH]c(-c3cc(F)c(F)cc3F)c21.O=C1N=C(c2ccc(F)c(F)c2F)c2c(O)[nH]c(-c3ccc(F)c(F)c3F)c21. The van der Waals surface area contributed by atoms with E-state index in [1.165, 1.54) is 24.3 Å². The zero-order chi connectivity index (χ0) is 79.2. The van der Waals surface area contributed by atoms with Gasteiger partial charge in [0.05, 0.1) is 108 Å². The van der Waals surface area contributed by atoms with Crippen LogP contribution < -0.4 is 4.74 Å². The molecule has 0 saturated carbocycles. The van der Waals surface area contributed by atoms with Crippen molar-refractivity contribution in [3.8, 4) is 74.3 Å². The molecule has 36 heteroatoms. The second-order valence-electron chi connectivity index (χ2n) is 23.4. The van der Waals surface area contributed by atoms with Gasteiger partial charge in [-0.15, -0.1) is 0 Å². The molecule has 8 heterocycles. The molecule has 4 amide bonds. The fourth-order valence-electron chi connectivity index (χ4n) is 12.1. The van der Waals surface area contributed by atoms with Gasteiger partial charge in [-0.25, -0.2) is 103 Å². The van der Waals surface area contributed by atoms with Crippen LogP contribution in [0.5, 0.6) is 29.3 Å². The number of fused-ring (bicyclic) bond motifs is 4. The number of aromatic amines is 4. The summed E-state index contributed by atoms with van der Waals surface area (Å²) >= 11 is 0. The third-order valence-electron chi connectivity index (χ3n) is 16.8. The number of amides is 4. The predicted octanol–water partition coefficient (Wildman–Crippen LogP) is 16.6. The Kier molecular flexibility index (Phi) is 19.1. The van der Waals surface area contributed by atoms with Gasteiger partial charge in [0, 0.05) is 69.8 Å². The normalized spacial score (nSPS) is 13.0. The zero-order valence-electron chi connectivity index (χ0n) is 54.1. The van der Waals surface area contributed by atoms with Crippen molar-refractivity contribution in [2.24, 2.45) is 20.0 Å². The van der Waals surface area contributed by atoms with E-state index in [9.17, 15) is 123 Å². The van der Waals surface area contributed by atoms with Crippen molar-refractivity contribution < 1.29 is 128 Å². The van der Waals surface area contributed by atoms with E-state index in [4.69, 9.17) is 4.74 Å². The van der Waals surface area contributed by atoms with Gasteiger partial charge in [0.15, 0.2) is 81.7 Å². The van der Waals surface area contributed by atoms with Crippen molar-refractivity contribution in [2.75, 3.05) is 6.61 Å². The molecule has 0 atom stereocenters. The van der Waals surface area contributed by atoms with Gasteiger partial charge in [0.1, 0.15) is 58.1 Å². The van der Waals surface area contributed by atoms with Crippen LogP contribution in [-0.2, 0) is 0 Å². The molecule has 12 aromatic rings. The summed E-state index contributed by atoms with van der Waals surface area (Å²) in [4.78, 5) is 73.4. The van der Waals surface area contributed by atoms with Crippen LogP contribution in [-0.4, -0.2) is 93.4 Å². The topological polar surface area (TPSA) is 271 Å². The van der Waals surface area contributed by atoms with E-state index in [2.05, 4.69) is 39.9 Å². The van der Waals surface area contributed by atoms with E-state index < -0.39 is 247 Å². The highest BCUT2D eigenvalue weighted by Gasteiger charge is 2.41. The fraction of sp³-hybridized carbons (Fsp3) is 0.0270. The molecule has 0 fully saturated rings. The number of ether oxygens (including phenoxy) is 1. The van der Waals surface area contributed by atoms with Gasteiger partial charge in [0.2, 0.25) is 0 Å². The maximum atomic E-state index is 14.1. The number of carbonyl (C=O) groups excluding carboxylic acids is 4. The molecule has 0 unspecified atom stereocenters. The monoisotopic (exact) mass is 1540 g/mol. The van der Waals surface area contributed by atoms with Crippen molar-refractivity contribution in [1.82, 2.24) is 19.9 Å². The molecule has 0 spiro atoms. The quantitative estimate of drug-likeness (QED) is 0.0367. The molecule has 8 aromatic carbocycles. The molecular formula is C74H33F19N8O9. The number of hydrogen-bond acceptors (Lipinski definition) is 9. The van der Waals surface area contributed by atoms with E-state index in [-0.39, 0.29) is 23.8 Å². The highest BCUT2D eigenvalue weighted by Crippen LogP contribution is 2.45. The summed E-state index contributed by atoms with van der Waals surface area (Å²) in [6.07, 6.45) is 0. The maximum absolute atomic E-state index is 14.1. The van der Waals surface area contributed by atoms with Crippen molar-refractivity contribution in [1.29, 1.82) is 0 Å². The summed E-state index contributed by atoms with van der Waals surface area (Å²) in [7, 11) is 0. The maximum Gasteiger partial charge on any atom is 0.280 e. The molecule has 0 bridgehead atoms. The number of nitrogens with one attached hydrogen (secondary N) is 4. The van der Waals surface area contributed by atoms with Gasteiger partial charge in [-0.3, -0.25) is 19.2 Å². The second-order valence-corrected chi connectivity index (χ2v) is 23.4. The Labute approximate surface area is 598 Å². The van der Waals surface area contributed by atoms with Crippen LogP contribution in [0, 0.1) is 111 Å². The van der Waals surface area contributed by atoms with Crippen LogP contribution in [0.2, 0.25) is 0 Å². The third-order valence-corrected chi connectivity index (χ3v) is 16.8. The van der Waals surface area contributed by atoms with Crippen LogP contribution in [0.15, 0.2) is 141 Å². The molecule has 4 aliphatic rings. The Morgan fingerprint density at radius 2 is 0.673 bits per heavy atom. The van der Waals surface area contributed by atoms with Gasteiger partial charge < -0.3 is 45.1 Å². The number of benzene rings is 8. The third kappa shape index (κ3) is 12.9. The minimum atomic E-state index is -1.82. The average molecular weight is 1540 g/mol. The smallest absolute Gasteiger partial charge is 0.280 e. The lowest BCUT2D eigenvalue weighted by Gasteiger charge is -2.05. The summed E-state index contributed by atoms with van der Waals surface area (Å²) < 4.78 is 264. The predicted molar refractivity (Wildman–Crippen MR) is 348 cm³/mol. The Morgan fingerprint density at radius 1 is 0.291 bits per heavy atom. The Morgan fingerprint density at radius 3 is 1.19 bits per heavy atom. The van der Waals surface area contributed by atoms with Crippen molar-refractivity contribution in [2.45, 2.75) is 6.92 Å². The molecule has 110 heavy (non-hydrogen) atoms. The Balaban J connectivity index is 0.000000129. The molecule has 16 rings (SSSR count). The number of nitrogens with zero attached hydrogens (tertiary/aromatic N) is 4. The molecule has 4 aromatic heterocycles. The molecule has 17 nitrogen and oxygen atoms in total. The summed E-state index contributed by atoms with van der Waals surface area (Å²) in [5.74, 6) is -32.2. The van der Waals surface area contributed by atoms with Gasteiger partial charge in [0.25, 0.3) is 23.6 Å². The Bertz CT molecular complexity index is 6030. The number of aromatic hydroxyl groups is 4. The number of H-pyrrole nitrogens is 4. The molecular weight excluding hydrogens is 1510 g/mol. The minimum absolute atomic E-state index is 0.147. The lowest BCUT2D eigenvalue weighted by Crippen LogP contribution is -2.07. The lowest BCUT2D eigenvalue weighted by molar-refractivity contribution is 0.0998. The first-order valence-electron chi connectivity index (χ1n) is 30.9. The van der Waals surface area contributed by atoms with E-state index >= 15 is 0 Å². The molecule has 0 radical (unpaired) electrons. The highest BCUT2D eigenvalue weighted by atomic mass is 19.2. The fourth-order valence-corrected chi connectivity index (χ4v) is 12.1. The van der Waals surface area contributed by atoms with Crippen LogP contribution in [0.1, 0.15) is 92.9 Å². The largest absolute Gasteiger partial charge is 0.494 e. The number of rotatable bonds is 10. The van der Waals surface area contributed by atoms with E-state index in [1.807, 2.05) is 25.1 Å². The molecule has 556 valence electrons. The van der Waals surface area contributed by atoms with Crippen LogP contribution in [0.4, 0.5) is 83.4 Å². The lowest BCUT2D eigenvalue weighted by atomic mass is 9.99. The van der Waals surface area contributed by atoms with Crippen molar-refractivity contribution in [3.63, 3.8) is 0 Å². The van der Waals surface area contributed by atoms with Crippen LogP contribution in [0.3, 0.4) is 0 Å². The first-order chi connectivity index (χ1) is 52.2. The summed E-state index contributed by atoms with van der Waals surface area (Å²) in [5, 5.41) is 40.8. The van der Waals surface area contributed by atoms with Crippen LogP contribution >= 0.6 is 0 Å². The number of aromatic nitrogens is 4. The number of hydrogen-bond donors (Lipinski definition) is 8. The minimum Gasteiger partial charge on any atom is -0.494 e. The Hall–Kier alpha value is -14.1. The van der Waals surface area contributed by atoms with Crippen molar-refractivity contribution in [3.05, 3.63) is 299 Å². The molecule has 4 aliphatic heterocycles. The molecule has 0 saturated heterocycles. The highest BCUT2D eigenvalue weighted by molar-refractivity contribution is 6.33. The zero-order valence-corrected chi connectivity index (χ0v) is 54.1. The number of aliphatic imine (C=N–C) groups is 4. The van der Waals surface area contributed by atoms with Gasteiger partial charge in [-0.1, -0.05) is 12.1 Å². The van der Waals surface area contributed by atoms with Gasteiger partial charge in [-0.2, -0.15) is 0 Å². The van der Waals surface area contributed by atoms with E-state index in [1.54, 1.807) is 6.07 Å². The number of carbonyl (C=O) groups is 4. The standard InChI is InChI=1S/C20H15FN2O3.3C18H6F6N2O2/c1-2-26-14-5-3-4-12(10-14)18-16-15(19(24)23-18)17(22-20(16)25)11-6-8-13(21)9-7-11;19-7-3-11(23)9(21)1-5(7)15-13-14(18(28)25-15)16(26-17(13)27)6-2-10(22)12(24)4-8(6)20;19-5-1-7(21)11(8(22)2-5)15-13-14(18(28)25-15)16(26-17(13)27)12-9(23)3-6(20)4-10(12)24;19-7-3-1-5(11(21)13(7)23)15-9-10(18(28)25-15)16(26-17(9)27)6-2-4-8(20)14(24)12(6)22/h3-10,23-24H,2H2,1H3;3*1-4,25,28H. The van der Waals surface area contributed by atoms with E-state index in [0.29, 0.717) is 94.5 Å². The molecule has 0 aliphatic carbocycles. The average Bonchev–Trinajstić information content (AvgIpc) is 1.59. The number of halogens is 19. The van der Waals surface area contributed by atoms with Crippen molar-refractivity contribution >= 4 is 46.5 Å². The van der Waals surface area contributed by atoms with Gasteiger partial charge in [-0.05, 0) is 79.7 Å². The van der Waals surface area contributed by atoms with Crippen LogP contribution in [0.25, 0.3) is 45.0 Å². The summed E-state index contributed by atoms with van der Waals surface area (Å²) in [6, 6.07) is 18.4. The van der Waals surface area contributed by atoms with Gasteiger partial charge >= 0.3 is 0 Å². The second kappa shape index (κ2) is 28.3. The van der Waals surface area contributed by atoms with E-state index in [0.717, 1.165) is 12.1 Å². The first kappa shape index (κ1) is 74.2. The molecule has 8 N–H and O–H groups in total. The first-order valence-corrected chi connectivity index (χ1v) is 30.9. The summed E-state index contributed by atoms with van der Waals surface area (Å²) in [5.41, 5.74) is -7.54. The summed E-state index contributed by atoms with van der Waals surface area (Å²) in [6.45, 7) is 2.41.